The van der Waals surface area contributed by atoms with E-state index in [0.717, 1.165) is 16.3 Å². The van der Waals surface area contributed by atoms with Crippen LogP contribution in [-0.4, -0.2) is 45.6 Å². The fraction of sp³-hybridized carbons (Fsp3) is 0.450. The molecule has 1 aromatic heterocycles. The minimum atomic E-state index is -1.24. The van der Waals surface area contributed by atoms with Crippen LogP contribution in [0.3, 0.4) is 0 Å². The van der Waals surface area contributed by atoms with E-state index in [1.165, 1.54) is 0 Å². The third kappa shape index (κ3) is 5.61. The Kier molecular flexibility index (Phi) is 8.15. The number of nitrogens with two attached hydrogens (primary N) is 1. The quantitative estimate of drug-likeness (QED) is 0.505. The van der Waals surface area contributed by atoms with Crippen LogP contribution in [0, 0.1) is 5.82 Å². The smallest absolute Gasteiger partial charge is 0.336 e. The van der Waals surface area contributed by atoms with Crippen LogP contribution in [0.1, 0.15) is 24.6 Å². The first-order valence-electron chi connectivity index (χ1n) is 9.83. The number of carbonyl (C=O) groups excluding carboxylic acids is 1. The molecule has 1 aliphatic heterocycles. The van der Waals surface area contributed by atoms with Crippen molar-refractivity contribution in [2.24, 2.45) is 5.73 Å². The standard InChI is InChI=1S/C20H23ClFN3O7/c21-13-3-1-12(2-4-13)10-30-15-7-17(32-16(15)9-26)24-8-14(22)19(28)25(20(24)29)11-31-18(27)5-6-23/h1-4,8,15-17,26H,5-7,9-11,23H2/t15-,16+,17+/m0/s1. The number of aliphatic hydroxyl groups excluding tert-OH is 1. The Morgan fingerprint density at radius 3 is 2.69 bits per heavy atom. The van der Waals surface area contributed by atoms with E-state index in [9.17, 15) is 23.9 Å². The molecule has 3 N–H and O–H groups in total. The van der Waals surface area contributed by atoms with Crippen molar-refractivity contribution in [3.63, 3.8) is 0 Å². The molecular formula is C20H23ClFN3O7. The van der Waals surface area contributed by atoms with Gasteiger partial charge < -0.3 is 25.1 Å². The third-order valence-electron chi connectivity index (χ3n) is 4.90. The summed E-state index contributed by atoms with van der Waals surface area (Å²) in [7, 11) is 0. The van der Waals surface area contributed by atoms with Crippen LogP contribution in [0.5, 0.6) is 0 Å². The minimum absolute atomic E-state index is 0.0248. The van der Waals surface area contributed by atoms with Gasteiger partial charge in [0.05, 0.1) is 31.9 Å². The van der Waals surface area contributed by atoms with Gasteiger partial charge in [-0.25, -0.2) is 9.36 Å². The SMILES string of the molecule is NCCC(=O)OCn1c(=O)c(F)cn([C@H]2C[C@H](OCc3ccc(Cl)cc3)[C@@H](CO)O2)c1=O. The highest BCUT2D eigenvalue weighted by molar-refractivity contribution is 6.30. The summed E-state index contributed by atoms with van der Waals surface area (Å²) in [5, 5.41) is 10.2. The summed E-state index contributed by atoms with van der Waals surface area (Å²) in [6, 6.07) is 6.99. The number of carbonyl (C=O) groups is 1. The molecule has 0 unspecified atom stereocenters. The highest BCUT2D eigenvalue weighted by atomic mass is 35.5. The highest BCUT2D eigenvalue weighted by Crippen LogP contribution is 2.30. The number of hydrogen-bond donors (Lipinski definition) is 2. The molecule has 10 nitrogen and oxygen atoms in total. The van der Waals surface area contributed by atoms with Crippen molar-refractivity contribution in [2.45, 2.75) is 44.6 Å². The molecular weight excluding hydrogens is 449 g/mol. The van der Waals surface area contributed by atoms with E-state index in [-0.39, 0.29) is 26.0 Å². The molecule has 1 fully saturated rings. The van der Waals surface area contributed by atoms with Gasteiger partial charge >= 0.3 is 11.7 Å². The number of ether oxygens (including phenoxy) is 3. The lowest BCUT2D eigenvalue weighted by Crippen LogP contribution is -2.43. The molecule has 1 aromatic carbocycles. The number of nitrogens with zero attached hydrogens (tertiary/aromatic N) is 2. The molecule has 0 bridgehead atoms. The summed E-state index contributed by atoms with van der Waals surface area (Å²) in [4.78, 5) is 36.3. The molecule has 0 saturated carbocycles. The number of halogens is 2. The summed E-state index contributed by atoms with van der Waals surface area (Å²) in [6.45, 7) is -0.929. The highest BCUT2D eigenvalue weighted by Gasteiger charge is 2.37. The lowest BCUT2D eigenvalue weighted by molar-refractivity contribution is -0.147. The summed E-state index contributed by atoms with van der Waals surface area (Å²) in [6.07, 6.45) is -1.65. The molecule has 3 atom stereocenters. The Hall–Kier alpha value is -2.57. The number of aliphatic hydroxyl groups is 1. The van der Waals surface area contributed by atoms with Crippen LogP contribution < -0.4 is 17.0 Å². The van der Waals surface area contributed by atoms with Crippen LogP contribution >= 0.6 is 11.6 Å². The lowest BCUT2D eigenvalue weighted by atomic mass is 10.1. The molecule has 1 aliphatic rings. The van der Waals surface area contributed by atoms with Crippen LogP contribution in [0.15, 0.2) is 40.1 Å². The molecule has 0 radical (unpaired) electrons. The van der Waals surface area contributed by atoms with E-state index in [4.69, 9.17) is 31.5 Å². The number of aromatic nitrogens is 2. The van der Waals surface area contributed by atoms with Gasteiger partial charge in [-0.2, -0.15) is 4.39 Å². The summed E-state index contributed by atoms with van der Waals surface area (Å²) in [5.74, 6) is -1.96. The van der Waals surface area contributed by atoms with Gasteiger partial charge in [-0.3, -0.25) is 14.2 Å². The predicted molar refractivity (Wildman–Crippen MR) is 110 cm³/mol. The lowest BCUT2D eigenvalue weighted by Gasteiger charge is -2.17. The summed E-state index contributed by atoms with van der Waals surface area (Å²) < 4.78 is 31.9. The zero-order valence-electron chi connectivity index (χ0n) is 17.0. The fourth-order valence-corrected chi connectivity index (χ4v) is 3.35. The molecule has 174 valence electrons. The maximum atomic E-state index is 14.2. The Morgan fingerprint density at radius 1 is 1.31 bits per heavy atom. The molecule has 1 saturated heterocycles. The molecule has 0 aliphatic carbocycles. The monoisotopic (exact) mass is 471 g/mol. The van der Waals surface area contributed by atoms with Crippen LogP contribution in [0.2, 0.25) is 5.02 Å². The predicted octanol–water partition coefficient (Wildman–Crippen LogP) is 0.517. The van der Waals surface area contributed by atoms with Crippen LogP contribution in [0.25, 0.3) is 0 Å². The summed E-state index contributed by atoms with van der Waals surface area (Å²) in [5.41, 5.74) is 3.91. The summed E-state index contributed by atoms with van der Waals surface area (Å²) >= 11 is 5.86. The Bertz CT molecular complexity index is 1060. The van der Waals surface area contributed by atoms with Crippen molar-refractivity contribution in [3.05, 3.63) is 67.7 Å². The largest absolute Gasteiger partial charge is 0.444 e. The fourth-order valence-electron chi connectivity index (χ4n) is 3.23. The van der Waals surface area contributed by atoms with Crippen LogP contribution in [0.4, 0.5) is 4.39 Å². The zero-order valence-corrected chi connectivity index (χ0v) is 17.7. The van der Waals surface area contributed by atoms with Crippen molar-refractivity contribution in [1.29, 1.82) is 0 Å². The van der Waals surface area contributed by atoms with Gasteiger partial charge in [0.1, 0.15) is 12.3 Å². The molecule has 0 spiro atoms. The normalized spacial score (nSPS) is 20.4. The van der Waals surface area contributed by atoms with E-state index in [1.807, 2.05) is 0 Å². The van der Waals surface area contributed by atoms with Gasteiger partial charge in [0.15, 0.2) is 6.73 Å². The third-order valence-corrected chi connectivity index (χ3v) is 5.16. The number of benzene rings is 1. The van der Waals surface area contributed by atoms with E-state index >= 15 is 0 Å². The van der Waals surface area contributed by atoms with Crippen molar-refractivity contribution < 1.29 is 28.5 Å². The van der Waals surface area contributed by atoms with E-state index in [0.29, 0.717) is 9.59 Å². The molecule has 2 heterocycles. The maximum absolute atomic E-state index is 14.2. The van der Waals surface area contributed by atoms with Gasteiger partial charge in [0.2, 0.25) is 5.82 Å². The Morgan fingerprint density at radius 2 is 2.03 bits per heavy atom. The van der Waals surface area contributed by atoms with Gasteiger partial charge in [-0.05, 0) is 17.7 Å². The maximum Gasteiger partial charge on any atom is 0.336 e. The van der Waals surface area contributed by atoms with Gasteiger partial charge in [-0.1, -0.05) is 23.7 Å². The molecule has 32 heavy (non-hydrogen) atoms. The number of rotatable bonds is 9. The van der Waals surface area contributed by atoms with Gasteiger partial charge in [0, 0.05) is 18.0 Å². The second-order valence-electron chi connectivity index (χ2n) is 7.11. The van der Waals surface area contributed by atoms with Crippen molar-refractivity contribution >= 4 is 17.6 Å². The van der Waals surface area contributed by atoms with Gasteiger partial charge in [0.25, 0.3) is 5.56 Å². The number of esters is 1. The first kappa shape index (κ1) is 24.1. The van der Waals surface area contributed by atoms with E-state index in [2.05, 4.69) is 0 Å². The van der Waals surface area contributed by atoms with Crippen molar-refractivity contribution in [1.82, 2.24) is 9.13 Å². The zero-order chi connectivity index (χ0) is 23.3. The molecule has 0 amide bonds. The molecule has 2 aromatic rings. The van der Waals surface area contributed by atoms with E-state index < -0.39 is 54.8 Å². The second kappa shape index (κ2) is 10.8. The number of hydrogen-bond acceptors (Lipinski definition) is 8. The topological polar surface area (TPSA) is 135 Å². The van der Waals surface area contributed by atoms with Crippen LogP contribution in [-0.2, 0) is 32.3 Å². The first-order chi connectivity index (χ1) is 15.3. The second-order valence-corrected chi connectivity index (χ2v) is 7.54. The first-order valence-corrected chi connectivity index (χ1v) is 10.2. The minimum Gasteiger partial charge on any atom is -0.444 e. The average Bonchev–Trinajstić information content (AvgIpc) is 3.19. The van der Waals surface area contributed by atoms with E-state index in [1.54, 1.807) is 24.3 Å². The van der Waals surface area contributed by atoms with Crippen molar-refractivity contribution in [2.75, 3.05) is 13.2 Å². The van der Waals surface area contributed by atoms with Gasteiger partial charge in [-0.15, -0.1) is 0 Å². The Balaban J connectivity index is 1.76. The Labute approximate surface area is 186 Å². The average molecular weight is 472 g/mol. The molecule has 12 heteroatoms. The molecule has 3 rings (SSSR count). The van der Waals surface area contributed by atoms with Crippen molar-refractivity contribution in [3.8, 4) is 0 Å².